The van der Waals surface area contributed by atoms with Crippen molar-refractivity contribution >= 4 is 12.0 Å². The minimum atomic E-state index is -0.869. The molecule has 2 saturated heterocycles. The Morgan fingerprint density at radius 2 is 1.78 bits per heavy atom. The topological polar surface area (TPSA) is 65.1 Å². The van der Waals surface area contributed by atoms with Crippen LogP contribution in [0.2, 0.25) is 0 Å². The van der Waals surface area contributed by atoms with Gasteiger partial charge < -0.3 is 14.5 Å². The fourth-order valence-corrected chi connectivity index (χ4v) is 6.84. The standard InChI is InChI=1S/C24H39FN4O3/c1-15-13-27(24(31)32-21-5-3-4-19(25)11-21)23-10-17(6-9-22(23)29(15)16(2)30)18-12-26-28(14-18)20-7-8-20/h15,17-23,26H,3-14H2,1-2H3/t15-,17?,18?,19?,21?,22?,23?/m0/s1. The molecular formula is C24H39FN4O3. The van der Waals surface area contributed by atoms with E-state index in [1.807, 2.05) is 16.7 Å². The van der Waals surface area contributed by atoms with Crippen molar-refractivity contribution in [2.45, 2.75) is 108 Å². The van der Waals surface area contributed by atoms with Gasteiger partial charge in [0.1, 0.15) is 12.3 Å². The molecule has 0 spiro atoms. The molecule has 1 N–H and O–H groups in total. The molecule has 0 radical (unpaired) electrons. The Balaban J connectivity index is 1.29. The van der Waals surface area contributed by atoms with Gasteiger partial charge in [-0.3, -0.25) is 10.2 Å². The first kappa shape index (κ1) is 22.4. The molecule has 6 unspecified atom stereocenters. The van der Waals surface area contributed by atoms with E-state index < -0.39 is 6.17 Å². The number of ether oxygens (including phenoxy) is 1. The number of halogens is 1. The van der Waals surface area contributed by atoms with Gasteiger partial charge in [0.2, 0.25) is 5.91 Å². The third-order valence-corrected chi connectivity index (χ3v) is 8.58. The van der Waals surface area contributed by atoms with Crippen LogP contribution in [0.3, 0.4) is 0 Å². The molecule has 8 heteroatoms. The van der Waals surface area contributed by atoms with Crippen LogP contribution < -0.4 is 5.43 Å². The summed E-state index contributed by atoms with van der Waals surface area (Å²) in [7, 11) is 0. The van der Waals surface area contributed by atoms with Gasteiger partial charge >= 0.3 is 6.09 Å². The molecule has 32 heavy (non-hydrogen) atoms. The van der Waals surface area contributed by atoms with Gasteiger partial charge in [0, 0.05) is 45.1 Å². The maximum atomic E-state index is 13.9. The van der Waals surface area contributed by atoms with Crippen molar-refractivity contribution in [3.05, 3.63) is 0 Å². The van der Waals surface area contributed by atoms with Crippen molar-refractivity contribution in [2.75, 3.05) is 19.6 Å². The Kier molecular flexibility index (Phi) is 6.36. The summed E-state index contributed by atoms with van der Waals surface area (Å²) in [6.45, 7) is 6.26. The highest BCUT2D eigenvalue weighted by Gasteiger charge is 2.49. The smallest absolute Gasteiger partial charge is 0.410 e. The van der Waals surface area contributed by atoms with E-state index >= 15 is 0 Å². The summed E-state index contributed by atoms with van der Waals surface area (Å²) in [6, 6.07) is 0.716. The predicted octanol–water partition coefficient (Wildman–Crippen LogP) is 3.09. The van der Waals surface area contributed by atoms with E-state index in [1.54, 1.807) is 6.92 Å². The quantitative estimate of drug-likeness (QED) is 0.716. The predicted molar refractivity (Wildman–Crippen MR) is 118 cm³/mol. The largest absolute Gasteiger partial charge is 0.446 e. The van der Waals surface area contributed by atoms with Crippen molar-refractivity contribution in [2.24, 2.45) is 11.8 Å². The van der Waals surface area contributed by atoms with Crippen LogP contribution in [0.5, 0.6) is 0 Å². The normalized spacial score (nSPS) is 40.8. The molecule has 7 nitrogen and oxygen atoms in total. The van der Waals surface area contributed by atoms with Crippen molar-refractivity contribution in [3.8, 4) is 0 Å². The molecule has 2 amide bonds. The van der Waals surface area contributed by atoms with Crippen LogP contribution in [0.15, 0.2) is 0 Å². The fraction of sp³-hybridized carbons (Fsp3) is 0.917. The molecule has 2 heterocycles. The number of rotatable bonds is 3. The Morgan fingerprint density at radius 1 is 0.969 bits per heavy atom. The average molecular weight is 451 g/mol. The lowest BCUT2D eigenvalue weighted by atomic mass is 9.73. The van der Waals surface area contributed by atoms with Crippen molar-refractivity contribution in [1.29, 1.82) is 0 Å². The molecule has 7 atom stereocenters. The van der Waals surface area contributed by atoms with Crippen molar-refractivity contribution < 1.29 is 18.7 Å². The number of hydrogen-bond acceptors (Lipinski definition) is 5. The maximum Gasteiger partial charge on any atom is 0.410 e. The highest BCUT2D eigenvalue weighted by Crippen LogP contribution is 2.41. The third-order valence-electron chi connectivity index (χ3n) is 8.58. The number of hydrazine groups is 1. The summed E-state index contributed by atoms with van der Waals surface area (Å²) in [5.74, 6) is 1.22. The summed E-state index contributed by atoms with van der Waals surface area (Å²) < 4.78 is 19.7. The van der Waals surface area contributed by atoms with Crippen LogP contribution in [0.25, 0.3) is 0 Å². The molecule has 0 aromatic rings. The van der Waals surface area contributed by atoms with E-state index in [1.165, 1.54) is 12.8 Å². The van der Waals surface area contributed by atoms with Gasteiger partial charge in [-0.05, 0) is 70.1 Å². The average Bonchev–Trinajstić information content (AvgIpc) is 3.49. The highest BCUT2D eigenvalue weighted by molar-refractivity contribution is 5.75. The summed E-state index contributed by atoms with van der Waals surface area (Å²) in [5.41, 5.74) is 3.59. The van der Waals surface area contributed by atoms with E-state index in [9.17, 15) is 14.0 Å². The van der Waals surface area contributed by atoms with Crippen LogP contribution in [-0.2, 0) is 9.53 Å². The Morgan fingerprint density at radius 3 is 2.50 bits per heavy atom. The lowest BCUT2D eigenvalue weighted by Crippen LogP contribution is -2.67. The number of carbonyl (C=O) groups is 2. The van der Waals surface area contributed by atoms with Gasteiger partial charge in [0.15, 0.2) is 0 Å². The number of piperazine rings is 1. The van der Waals surface area contributed by atoms with Crippen molar-refractivity contribution in [1.82, 2.24) is 20.2 Å². The van der Waals surface area contributed by atoms with Gasteiger partial charge in [-0.15, -0.1) is 0 Å². The van der Waals surface area contributed by atoms with Gasteiger partial charge in [0.25, 0.3) is 0 Å². The summed E-state index contributed by atoms with van der Waals surface area (Å²) in [5, 5.41) is 2.42. The molecule has 0 aromatic carbocycles. The van der Waals surface area contributed by atoms with Crippen LogP contribution in [0.4, 0.5) is 9.18 Å². The molecule has 2 aliphatic heterocycles. The molecule has 180 valence electrons. The Bertz CT molecular complexity index is 719. The summed E-state index contributed by atoms with van der Waals surface area (Å²) in [6.07, 6.45) is 6.43. The minimum absolute atomic E-state index is 0.0129. The summed E-state index contributed by atoms with van der Waals surface area (Å²) in [4.78, 5) is 29.7. The number of alkyl halides is 1. The highest BCUT2D eigenvalue weighted by atomic mass is 19.1. The maximum absolute atomic E-state index is 13.9. The summed E-state index contributed by atoms with van der Waals surface area (Å²) >= 11 is 0. The molecule has 5 fully saturated rings. The lowest BCUT2D eigenvalue weighted by Gasteiger charge is -2.54. The van der Waals surface area contributed by atoms with Crippen molar-refractivity contribution in [3.63, 3.8) is 0 Å². The first-order valence-electron chi connectivity index (χ1n) is 12.8. The van der Waals surface area contributed by atoms with E-state index in [0.29, 0.717) is 37.3 Å². The zero-order valence-corrected chi connectivity index (χ0v) is 19.5. The zero-order chi connectivity index (χ0) is 22.4. The molecule has 3 aliphatic carbocycles. The monoisotopic (exact) mass is 450 g/mol. The second-order valence-corrected chi connectivity index (χ2v) is 10.9. The zero-order valence-electron chi connectivity index (χ0n) is 19.5. The first-order chi connectivity index (χ1) is 15.4. The van der Waals surface area contributed by atoms with Gasteiger partial charge in [-0.25, -0.2) is 14.2 Å². The van der Waals surface area contributed by atoms with Crippen LogP contribution in [0, 0.1) is 11.8 Å². The van der Waals surface area contributed by atoms with E-state index in [0.717, 1.165) is 45.2 Å². The molecule has 3 saturated carbocycles. The van der Waals surface area contributed by atoms with Gasteiger partial charge in [-0.2, -0.15) is 0 Å². The minimum Gasteiger partial charge on any atom is -0.446 e. The SMILES string of the molecule is CC(=O)N1C2CCC(C3CNN(C4CC4)C3)CC2N(C(=O)OC2CCCC(F)C2)C[C@@H]1C. The number of fused-ring (bicyclic) bond motifs is 1. The fourth-order valence-electron chi connectivity index (χ4n) is 6.84. The Hall–Kier alpha value is -1.41. The number of carbonyl (C=O) groups excluding carboxylic acids is 2. The second kappa shape index (κ2) is 9.09. The number of nitrogens with one attached hydrogen (secondary N) is 1. The van der Waals surface area contributed by atoms with Gasteiger partial charge in [-0.1, -0.05) is 0 Å². The molecule has 0 bridgehead atoms. The van der Waals surface area contributed by atoms with E-state index in [2.05, 4.69) is 10.4 Å². The number of amides is 2. The van der Waals surface area contributed by atoms with E-state index in [-0.39, 0.29) is 36.2 Å². The van der Waals surface area contributed by atoms with Crippen LogP contribution >= 0.6 is 0 Å². The second-order valence-electron chi connectivity index (χ2n) is 10.9. The molecule has 5 aliphatic rings. The number of nitrogens with zero attached hydrogens (tertiary/aromatic N) is 3. The van der Waals surface area contributed by atoms with Crippen LogP contribution in [0.1, 0.15) is 71.6 Å². The van der Waals surface area contributed by atoms with Crippen LogP contribution in [-0.4, -0.2) is 82.9 Å². The van der Waals surface area contributed by atoms with Gasteiger partial charge in [0.05, 0.1) is 12.1 Å². The first-order valence-corrected chi connectivity index (χ1v) is 12.8. The van der Waals surface area contributed by atoms with E-state index in [4.69, 9.17) is 4.74 Å². The third kappa shape index (κ3) is 4.49. The lowest BCUT2D eigenvalue weighted by molar-refractivity contribution is -0.142. The molecule has 0 aromatic heterocycles. The Labute approximate surface area is 191 Å². The molecular weight excluding hydrogens is 411 g/mol. The molecule has 5 rings (SSSR count). The number of hydrogen-bond donors (Lipinski definition) is 1.